The zero-order valence-electron chi connectivity index (χ0n) is 19.7. The minimum absolute atomic E-state index is 0.0240. The summed E-state index contributed by atoms with van der Waals surface area (Å²) in [5, 5.41) is 7.11. The second-order valence-corrected chi connectivity index (χ2v) is 9.36. The van der Waals surface area contributed by atoms with Crippen molar-refractivity contribution in [1.29, 1.82) is 0 Å². The molecule has 0 saturated carbocycles. The van der Waals surface area contributed by atoms with Gasteiger partial charge in [-0.3, -0.25) is 9.59 Å². The number of halogens is 1. The normalized spacial score (nSPS) is 20.0. The fraction of sp³-hybridized carbons (Fsp3) is 0.417. The molecule has 3 aromatic heterocycles. The average Bonchev–Trinajstić information content (AvgIpc) is 3.44. The van der Waals surface area contributed by atoms with Gasteiger partial charge >= 0.3 is 0 Å². The van der Waals surface area contributed by atoms with Crippen molar-refractivity contribution in [2.24, 2.45) is 0 Å². The van der Waals surface area contributed by atoms with Gasteiger partial charge in [0.1, 0.15) is 29.1 Å². The fourth-order valence-corrected chi connectivity index (χ4v) is 4.39. The van der Waals surface area contributed by atoms with E-state index in [1.165, 1.54) is 11.8 Å². The Balaban J connectivity index is 1.31. The summed E-state index contributed by atoms with van der Waals surface area (Å²) in [6, 6.07) is 8.32. The molecule has 2 aliphatic heterocycles. The summed E-state index contributed by atoms with van der Waals surface area (Å²) < 4.78 is 19.2. The Kier molecular flexibility index (Phi) is 5.70. The van der Waals surface area contributed by atoms with Gasteiger partial charge in [-0.15, -0.1) is 0 Å². The summed E-state index contributed by atoms with van der Waals surface area (Å²) in [6.07, 6.45) is 2.27. The van der Waals surface area contributed by atoms with Crippen molar-refractivity contribution in [2.45, 2.75) is 37.9 Å². The quantitative estimate of drug-likeness (QED) is 0.573. The van der Waals surface area contributed by atoms with Crippen LogP contribution in [0.5, 0.6) is 0 Å². The van der Waals surface area contributed by atoms with E-state index in [2.05, 4.69) is 25.4 Å². The number of nitrogens with zero attached hydrogens (tertiary/aromatic N) is 6. The molecule has 11 heteroatoms. The second kappa shape index (κ2) is 8.71. The monoisotopic (exact) mass is 479 g/mol. The van der Waals surface area contributed by atoms with Crippen LogP contribution in [0.25, 0.3) is 22.8 Å². The highest BCUT2D eigenvalue weighted by Crippen LogP contribution is 2.31. The molecule has 182 valence electrons. The summed E-state index contributed by atoms with van der Waals surface area (Å²) in [6.45, 7) is 4.04. The summed E-state index contributed by atoms with van der Waals surface area (Å²) >= 11 is 0. The highest BCUT2D eigenvalue weighted by molar-refractivity contribution is 5.85. The van der Waals surface area contributed by atoms with E-state index in [1.807, 2.05) is 12.1 Å². The maximum atomic E-state index is 13.7. The number of nitrogens with one attached hydrogen (secondary N) is 1. The van der Waals surface area contributed by atoms with Gasteiger partial charge in [-0.1, -0.05) is 11.2 Å². The largest absolute Gasteiger partial charge is 0.360 e. The van der Waals surface area contributed by atoms with Crippen LogP contribution < -0.4 is 5.32 Å². The van der Waals surface area contributed by atoms with Crippen LogP contribution in [0.4, 0.5) is 10.3 Å². The van der Waals surface area contributed by atoms with Crippen molar-refractivity contribution in [3.63, 3.8) is 0 Å². The van der Waals surface area contributed by atoms with Gasteiger partial charge in [-0.05, 0) is 38.5 Å². The van der Waals surface area contributed by atoms with Crippen LogP contribution in [0.2, 0.25) is 0 Å². The summed E-state index contributed by atoms with van der Waals surface area (Å²) in [5.74, 6) is 0.300. The Morgan fingerprint density at radius 2 is 1.91 bits per heavy atom. The number of rotatable bonds is 6. The van der Waals surface area contributed by atoms with Gasteiger partial charge in [0.05, 0.1) is 30.2 Å². The molecule has 2 aliphatic rings. The van der Waals surface area contributed by atoms with Crippen molar-refractivity contribution in [3.8, 4) is 22.8 Å². The molecule has 35 heavy (non-hydrogen) atoms. The molecule has 3 aromatic rings. The van der Waals surface area contributed by atoms with E-state index in [-0.39, 0.29) is 36.8 Å². The molecule has 2 amide bonds. The van der Waals surface area contributed by atoms with Gasteiger partial charge in [0.2, 0.25) is 17.8 Å². The lowest BCUT2D eigenvalue weighted by Crippen LogP contribution is -2.61. The third kappa shape index (κ3) is 4.58. The highest BCUT2D eigenvalue weighted by atomic mass is 19.1. The Morgan fingerprint density at radius 1 is 1.20 bits per heavy atom. The van der Waals surface area contributed by atoms with Crippen molar-refractivity contribution in [1.82, 2.24) is 29.9 Å². The number of hydrogen-bond acceptors (Lipinski definition) is 8. The van der Waals surface area contributed by atoms with E-state index in [9.17, 15) is 14.0 Å². The number of hydrogen-bond donors (Lipinski definition) is 1. The Bertz CT molecular complexity index is 1270. The molecular formula is C24H26FN7O3. The third-order valence-electron chi connectivity index (χ3n) is 6.30. The molecule has 2 atom stereocenters. The second-order valence-electron chi connectivity index (χ2n) is 9.36. The standard InChI is InChI=1S/C24H26FN7O3/c1-14(21(33)32-12-24(2,25)13-32)27-23-26-9-7-18(29-23)16-5-4-6-17(28-16)19-11-20(35-30-19)15-8-10-31(3)22(15)34/h4-7,9,11,14-15H,8,10,12-13H2,1-3H3,(H,26,27,29)/t14-,15-/m0/s1. The number of carbonyl (C=O) groups excluding carboxylic acids is 2. The number of likely N-dealkylation sites (N-methyl/N-ethyl adjacent to an activating group) is 1. The summed E-state index contributed by atoms with van der Waals surface area (Å²) in [5.41, 5.74) is 0.936. The summed E-state index contributed by atoms with van der Waals surface area (Å²) in [4.78, 5) is 41.3. The smallest absolute Gasteiger partial charge is 0.245 e. The predicted octanol–water partition coefficient (Wildman–Crippen LogP) is 2.51. The molecule has 10 nitrogen and oxygen atoms in total. The lowest BCUT2D eigenvalue weighted by atomic mass is 9.98. The highest BCUT2D eigenvalue weighted by Gasteiger charge is 2.42. The lowest BCUT2D eigenvalue weighted by Gasteiger charge is -2.43. The molecule has 5 rings (SSSR count). The first-order valence-electron chi connectivity index (χ1n) is 11.5. The first-order chi connectivity index (χ1) is 16.7. The van der Waals surface area contributed by atoms with Gasteiger partial charge in [0, 0.05) is 25.9 Å². The first-order valence-corrected chi connectivity index (χ1v) is 11.5. The zero-order valence-corrected chi connectivity index (χ0v) is 19.7. The van der Waals surface area contributed by atoms with Crippen LogP contribution in [-0.2, 0) is 9.59 Å². The number of aromatic nitrogens is 4. The van der Waals surface area contributed by atoms with Gasteiger partial charge in [-0.2, -0.15) is 0 Å². The Labute approximate surface area is 201 Å². The number of amides is 2. The van der Waals surface area contributed by atoms with Crippen molar-refractivity contribution >= 4 is 17.8 Å². The van der Waals surface area contributed by atoms with E-state index >= 15 is 0 Å². The molecule has 0 aromatic carbocycles. The molecule has 2 fully saturated rings. The molecule has 0 aliphatic carbocycles. The van der Waals surface area contributed by atoms with E-state index in [1.54, 1.807) is 43.3 Å². The van der Waals surface area contributed by atoms with E-state index in [4.69, 9.17) is 4.52 Å². The van der Waals surface area contributed by atoms with Gasteiger partial charge in [0.25, 0.3) is 0 Å². The van der Waals surface area contributed by atoms with E-state index in [0.717, 1.165) is 0 Å². The molecule has 0 bridgehead atoms. The number of likely N-dealkylation sites (tertiary alicyclic amines) is 2. The lowest BCUT2D eigenvalue weighted by molar-refractivity contribution is -0.144. The number of carbonyl (C=O) groups is 2. The molecular weight excluding hydrogens is 453 g/mol. The van der Waals surface area contributed by atoms with Crippen LogP contribution in [0.15, 0.2) is 41.1 Å². The van der Waals surface area contributed by atoms with Crippen LogP contribution in [0, 0.1) is 0 Å². The van der Waals surface area contributed by atoms with Gasteiger partial charge in [-0.25, -0.2) is 19.3 Å². The minimum Gasteiger partial charge on any atom is -0.360 e. The SMILES string of the molecule is C[C@H](Nc1nccc(-c2cccc(-c3cc([C@@H]4CCN(C)C4=O)on3)n2)n1)C(=O)N1CC(C)(F)C1. The number of alkyl halides is 1. The maximum Gasteiger partial charge on any atom is 0.245 e. The zero-order chi connectivity index (χ0) is 24.7. The van der Waals surface area contributed by atoms with Crippen molar-refractivity contribution in [3.05, 3.63) is 42.3 Å². The molecule has 0 unspecified atom stereocenters. The maximum absolute atomic E-state index is 13.7. The van der Waals surface area contributed by atoms with E-state index in [0.29, 0.717) is 41.5 Å². The molecule has 1 N–H and O–H groups in total. The van der Waals surface area contributed by atoms with Crippen LogP contribution >= 0.6 is 0 Å². The Hall–Kier alpha value is -3.89. The number of anilines is 1. The summed E-state index contributed by atoms with van der Waals surface area (Å²) in [7, 11) is 1.77. The number of pyridine rings is 1. The van der Waals surface area contributed by atoms with E-state index < -0.39 is 11.7 Å². The first kappa shape index (κ1) is 22.9. The van der Waals surface area contributed by atoms with Gasteiger partial charge in [0.15, 0.2) is 0 Å². The van der Waals surface area contributed by atoms with Crippen LogP contribution in [0.1, 0.15) is 31.9 Å². The average molecular weight is 480 g/mol. The molecule has 2 saturated heterocycles. The molecule has 0 spiro atoms. The van der Waals surface area contributed by atoms with Gasteiger partial charge < -0.3 is 19.6 Å². The minimum atomic E-state index is -1.32. The van der Waals surface area contributed by atoms with Crippen molar-refractivity contribution in [2.75, 3.05) is 32.0 Å². The van der Waals surface area contributed by atoms with Crippen LogP contribution in [0.3, 0.4) is 0 Å². The molecule has 0 radical (unpaired) electrons. The third-order valence-corrected chi connectivity index (χ3v) is 6.30. The van der Waals surface area contributed by atoms with Crippen LogP contribution in [-0.4, -0.2) is 80.1 Å². The molecule has 5 heterocycles. The fourth-order valence-electron chi connectivity index (χ4n) is 4.39. The Morgan fingerprint density at radius 3 is 2.60 bits per heavy atom. The van der Waals surface area contributed by atoms with Crippen molar-refractivity contribution < 1.29 is 18.5 Å². The topological polar surface area (TPSA) is 117 Å². The predicted molar refractivity (Wildman–Crippen MR) is 125 cm³/mol.